The van der Waals surface area contributed by atoms with Crippen LogP contribution in [0.3, 0.4) is 0 Å². The van der Waals surface area contributed by atoms with Crippen LogP contribution in [0.1, 0.15) is 16.1 Å². The Kier molecular flexibility index (Phi) is 7.94. The molecule has 2 atom stereocenters. The van der Waals surface area contributed by atoms with Gasteiger partial charge in [0.05, 0.1) is 36.6 Å². The molecule has 196 valence electrons. The summed E-state index contributed by atoms with van der Waals surface area (Å²) in [5, 5.41) is 11.2. The molecule has 3 aromatic heterocycles. The summed E-state index contributed by atoms with van der Waals surface area (Å²) in [5.74, 6) is 5.32. The Labute approximate surface area is 213 Å². The lowest BCUT2D eigenvalue weighted by molar-refractivity contribution is -0.0330. The third-order valence-electron chi connectivity index (χ3n) is 5.41. The first-order chi connectivity index (χ1) is 17.7. The highest BCUT2D eigenvalue weighted by Crippen LogP contribution is 2.39. The van der Waals surface area contributed by atoms with Crippen molar-refractivity contribution in [3.05, 3.63) is 41.9 Å². The average Bonchev–Trinajstić information content (AvgIpc) is 3.43. The molecule has 3 aromatic rings. The molecule has 0 bridgehead atoms. The maximum absolute atomic E-state index is 14.1. The number of nitrogens with zero attached hydrogens (tertiary/aromatic N) is 3. The van der Waals surface area contributed by atoms with E-state index in [-0.39, 0.29) is 58.6 Å². The molecule has 0 aromatic carbocycles. The molecule has 1 saturated heterocycles. The minimum Gasteiger partial charge on any atom is -0.480 e. The van der Waals surface area contributed by atoms with Gasteiger partial charge in [-0.1, -0.05) is 5.92 Å². The molecule has 1 fully saturated rings. The van der Waals surface area contributed by atoms with Gasteiger partial charge in [-0.05, 0) is 24.1 Å². The number of alkyl halides is 4. The van der Waals surface area contributed by atoms with E-state index in [4.69, 9.17) is 4.74 Å². The lowest BCUT2D eigenvalue weighted by Crippen LogP contribution is -2.29. The van der Waals surface area contributed by atoms with E-state index >= 15 is 0 Å². The van der Waals surface area contributed by atoms with E-state index in [2.05, 4.69) is 43.1 Å². The predicted molar refractivity (Wildman–Crippen MR) is 132 cm³/mol. The van der Waals surface area contributed by atoms with Crippen molar-refractivity contribution in [2.45, 2.75) is 22.7 Å². The molecule has 9 nitrogen and oxygen atoms in total. The summed E-state index contributed by atoms with van der Waals surface area (Å²) in [6, 6.07) is 4.18. The van der Waals surface area contributed by atoms with Crippen molar-refractivity contribution >= 4 is 34.7 Å². The van der Waals surface area contributed by atoms with E-state index in [0.29, 0.717) is 17.9 Å². The van der Waals surface area contributed by atoms with Crippen LogP contribution in [-0.4, -0.2) is 71.8 Å². The molecule has 1 aliphatic rings. The lowest BCUT2D eigenvalue weighted by atomic mass is 10.2. The number of aromatic nitrogens is 3. The molecule has 4 N–H and O–H groups in total. The number of thioether (sulfide) groups is 1. The zero-order valence-corrected chi connectivity index (χ0v) is 20.6. The quantitative estimate of drug-likeness (QED) is 0.207. The molecular formula is C23H23F4N7O2S. The van der Waals surface area contributed by atoms with Crippen molar-refractivity contribution in [2.24, 2.45) is 0 Å². The second-order valence-electron chi connectivity index (χ2n) is 7.87. The Balaban J connectivity index is 1.62. The van der Waals surface area contributed by atoms with Gasteiger partial charge in [0.1, 0.15) is 16.9 Å². The SMILES string of the molecule is CNC(=O)c1cnc(OC)c(NCC#Cc2nc3c(N[C@@H]4CNC[C@@H]4F)cccn3c2SC(F)(F)F)c1. The number of carbonyl (C=O) groups excluding carboxylic acids is 1. The van der Waals surface area contributed by atoms with Gasteiger partial charge in [0, 0.05) is 44.3 Å². The predicted octanol–water partition coefficient (Wildman–Crippen LogP) is 2.89. The van der Waals surface area contributed by atoms with Gasteiger partial charge in [-0.25, -0.2) is 14.4 Å². The van der Waals surface area contributed by atoms with Crippen LogP contribution in [0.5, 0.6) is 5.88 Å². The number of ether oxygens (including phenoxy) is 1. The minimum absolute atomic E-state index is 0.00160. The summed E-state index contributed by atoms with van der Waals surface area (Å²) in [5.41, 5.74) is -3.38. The standard InChI is InChI=1S/C23H23F4N7O2S/c1-28-20(35)13-9-17(21(36-2)31-10-13)30-7-3-5-16-22(37-23(25,26)27)34-8-4-6-15(19(34)33-16)32-18-12-29-11-14(18)24/h4,6,8-10,14,18,29-30,32H,7,11-12H2,1-2H3,(H,28,35)/t14-,18+/m0/s1. The Hall–Kier alpha value is -3.70. The molecule has 0 saturated carbocycles. The molecular weight excluding hydrogens is 514 g/mol. The summed E-state index contributed by atoms with van der Waals surface area (Å²) in [4.78, 5) is 20.3. The number of halogens is 4. The van der Waals surface area contributed by atoms with Crippen LogP contribution < -0.4 is 26.0 Å². The highest BCUT2D eigenvalue weighted by atomic mass is 32.2. The first kappa shape index (κ1) is 26.4. The highest BCUT2D eigenvalue weighted by Gasteiger charge is 2.33. The van der Waals surface area contributed by atoms with Crippen molar-refractivity contribution in [2.75, 3.05) is 44.4 Å². The average molecular weight is 538 g/mol. The van der Waals surface area contributed by atoms with Gasteiger partial charge in [-0.2, -0.15) is 13.2 Å². The third kappa shape index (κ3) is 6.17. The number of anilines is 2. The Morgan fingerprint density at radius 1 is 1.35 bits per heavy atom. The van der Waals surface area contributed by atoms with Gasteiger partial charge in [-0.15, -0.1) is 0 Å². The molecule has 0 spiro atoms. The number of hydrogen-bond donors (Lipinski definition) is 4. The number of nitrogens with one attached hydrogen (secondary N) is 4. The van der Waals surface area contributed by atoms with Gasteiger partial charge in [0.15, 0.2) is 5.65 Å². The second-order valence-corrected chi connectivity index (χ2v) is 8.92. The number of amides is 1. The summed E-state index contributed by atoms with van der Waals surface area (Å²) in [6.07, 6.45) is 1.66. The maximum Gasteiger partial charge on any atom is 0.447 e. The number of carbonyl (C=O) groups is 1. The fraction of sp³-hybridized carbons (Fsp3) is 0.348. The molecule has 14 heteroatoms. The first-order valence-electron chi connectivity index (χ1n) is 11.1. The smallest absolute Gasteiger partial charge is 0.447 e. The van der Waals surface area contributed by atoms with Crippen molar-refractivity contribution < 1.29 is 27.1 Å². The van der Waals surface area contributed by atoms with Crippen LogP contribution in [0.15, 0.2) is 35.6 Å². The van der Waals surface area contributed by atoms with Crippen LogP contribution >= 0.6 is 11.8 Å². The zero-order valence-electron chi connectivity index (χ0n) is 19.7. The molecule has 4 rings (SSSR count). The van der Waals surface area contributed by atoms with E-state index in [0.717, 1.165) is 0 Å². The number of imidazole rings is 1. The Morgan fingerprint density at radius 2 is 2.16 bits per heavy atom. The number of methoxy groups -OCH3 is 1. The van der Waals surface area contributed by atoms with Crippen molar-refractivity contribution in [1.29, 1.82) is 0 Å². The lowest BCUT2D eigenvalue weighted by Gasteiger charge is -2.16. The molecule has 4 heterocycles. The maximum atomic E-state index is 14.1. The van der Waals surface area contributed by atoms with E-state index in [9.17, 15) is 22.4 Å². The summed E-state index contributed by atoms with van der Waals surface area (Å²) < 4.78 is 60.7. The van der Waals surface area contributed by atoms with Crippen LogP contribution in [0.2, 0.25) is 0 Å². The Morgan fingerprint density at radius 3 is 2.84 bits per heavy atom. The largest absolute Gasteiger partial charge is 0.480 e. The summed E-state index contributed by atoms with van der Waals surface area (Å²) in [7, 11) is 2.90. The van der Waals surface area contributed by atoms with E-state index in [1.807, 2.05) is 0 Å². The molecule has 0 unspecified atom stereocenters. The molecule has 0 aliphatic carbocycles. The monoisotopic (exact) mass is 537 g/mol. The van der Waals surface area contributed by atoms with Crippen LogP contribution in [0.25, 0.3) is 5.65 Å². The van der Waals surface area contributed by atoms with E-state index in [1.165, 1.54) is 37.0 Å². The minimum atomic E-state index is -4.58. The highest BCUT2D eigenvalue weighted by molar-refractivity contribution is 8.00. The topological polar surface area (TPSA) is 105 Å². The van der Waals surface area contributed by atoms with Crippen molar-refractivity contribution in [3.8, 4) is 17.7 Å². The molecule has 0 radical (unpaired) electrons. The van der Waals surface area contributed by atoms with E-state index in [1.54, 1.807) is 12.1 Å². The number of pyridine rings is 2. The van der Waals surface area contributed by atoms with Gasteiger partial charge < -0.3 is 26.0 Å². The summed E-state index contributed by atoms with van der Waals surface area (Å²) >= 11 is -0.327. The molecule has 37 heavy (non-hydrogen) atoms. The van der Waals surface area contributed by atoms with Crippen LogP contribution in [-0.2, 0) is 0 Å². The van der Waals surface area contributed by atoms with Crippen molar-refractivity contribution in [3.63, 3.8) is 0 Å². The van der Waals surface area contributed by atoms with E-state index < -0.39 is 17.7 Å². The van der Waals surface area contributed by atoms with Crippen LogP contribution in [0.4, 0.5) is 28.9 Å². The fourth-order valence-corrected chi connectivity index (χ4v) is 4.37. The van der Waals surface area contributed by atoms with Gasteiger partial charge in [0.2, 0.25) is 5.88 Å². The molecule has 1 amide bonds. The number of rotatable bonds is 7. The first-order valence-corrected chi connectivity index (χ1v) is 11.9. The number of hydrogen-bond acceptors (Lipinski definition) is 8. The van der Waals surface area contributed by atoms with Gasteiger partial charge >= 0.3 is 5.51 Å². The third-order valence-corrected chi connectivity index (χ3v) is 6.22. The van der Waals surface area contributed by atoms with Gasteiger partial charge in [0.25, 0.3) is 5.91 Å². The normalized spacial score (nSPS) is 17.2. The molecule has 1 aliphatic heterocycles. The van der Waals surface area contributed by atoms with Crippen LogP contribution in [0, 0.1) is 11.8 Å². The zero-order chi connectivity index (χ0) is 26.6. The van der Waals surface area contributed by atoms with Gasteiger partial charge in [-0.3, -0.25) is 9.20 Å². The second kappa shape index (κ2) is 11.1. The Bertz CT molecular complexity index is 1350. The number of fused-ring (bicyclic) bond motifs is 1. The summed E-state index contributed by atoms with van der Waals surface area (Å²) in [6.45, 7) is 0.576. The fourth-order valence-electron chi connectivity index (χ4n) is 3.71. The van der Waals surface area contributed by atoms with Crippen molar-refractivity contribution in [1.82, 2.24) is 25.0 Å².